The average Bonchev–Trinajstić information content (AvgIpc) is 3.48. The first-order chi connectivity index (χ1) is 15.7. The molecule has 3 aromatic carbocycles. The van der Waals surface area contributed by atoms with E-state index in [0.717, 1.165) is 28.2 Å². The lowest BCUT2D eigenvalue weighted by Crippen LogP contribution is -2.32. The second kappa shape index (κ2) is 8.77. The Labute approximate surface area is 191 Å². The number of benzene rings is 3. The van der Waals surface area contributed by atoms with Gasteiger partial charge in [0.15, 0.2) is 5.13 Å². The third kappa shape index (κ3) is 4.18. The molecule has 5 rings (SSSR count). The number of nitrogens with zero attached hydrogens (tertiary/aromatic N) is 3. The van der Waals surface area contributed by atoms with Gasteiger partial charge in [-0.2, -0.15) is 5.10 Å². The molecule has 4 aromatic rings. The number of aromatic nitrogens is 1. The molecule has 0 saturated heterocycles. The molecule has 1 atom stereocenters. The van der Waals surface area contributed by atoms with Crippen LogP contribution in [0.1, 0.15) is 11.1 Å². The van der Waals surface area contributed by atoms with Crippen LogP contribution in [0.25, 0.3) is 11.3 Å². The summed E-state index contributed by atoms with van der Waals surface area (Å²) in [5.41, 5.74) is 5.78. The highest BCUT2D eigenvalue weighted by molar-refractivity contribution is 7.14. The van der Waals surface area contributed by atoms with E-state index >= 15 is 0 Å². The van der Waals surface area contributed by atoms with Crippen molar-refractivity contribution >= 4 is 33.8 Å². The molecule has 1 aromatic heterocycles. The van der Waals surface area contributed by atoms with Crippen LogP contribution in [0, 0.1) is 12.8 Å². The van der Waals surface area contributed by atoms with E-state index in [4.69, 9.17) is 5.10 Å². The first-order valence-electron chi connectivity index (χ1n) is 10.5. The van der Waals surface area contributed by atoms with Crippen molar-refractivity contribution < 1.29 is 4.79 Å². The summed E-state index contributed by atoms with van der Waals surface area (Å²) < 4.78 is 0. The zero-order chi connectivity index (χ0) is 21.9. The van der Waals surface area contributed by atoms with Crippen molar-refractivity contribution in [1.29, 1.82) is 0 Å². The molecular weight excluding hydrogens is 416 g/mol. The Balaban J connectivity index is 1.38. The summed E-state index contributed by atoms with van der Waals surface area (Å²) in [7, 11) is 0. The van der Waals surface area contributed by atoms with Gasteiger partial charge < -0.3 is 5.32 Å². The number of hydrogen-bond acceptors (Lipinski definition) is 5. The van der Waals surface area contributed by atoms with Crippen LogP contribution < -0.4 is 10.3 Å². The third-order valence-corrected chi connectivity index (χ3v) is 6.19. The molecule has 0 saturated carbocycles. The molecule has 0 fully saturated rings. The highest BCUT2D eigenvalue weighted by Gasteiger charge is 2.34. The highest BCUT2D eigenvalue weighted by atomic mass is 32.1. The van der Waals surface area contributed by atoms with E-state index in [1.165, 1.54) is 16.9 Å². The monoisotopic (exact) mass is 438 g/mol. The van der Waals surface area contributed by atoms with Crippen LogP contribution in [0.4, 0.5) is 10.8 Å². The minimum atomic E-state index is -0.399. The lowest BCUT2D eigenvalue weighted by atomic mass is 9.97. The second-order valence-corrected chi connectivity index (χ2v) is 8.57. The number of carbonyl (C=O) groups excluding carboxylic acids is 1. The SMILES string of the molecule is Cc1ccc(-c2csc(NC(=O)[C@@H]3CN(c4ccccc4)N=C3c3ccccc3)n2)cc1. The molecule has 5 nitrogen and oxygen atoms in total. The van der Waals surface area contributed by atoms with Crippen LogP contribution in [0.5, 0.6) is 0 Å². The quantitative estimate of drug-likeness (QED) is 0.441. The molecule has 1 aliphatic heterocycles. The number of para-hydroxylation sites is 1. The molecule has 2 heterocycles. The first kappa shape index (κ1) is 20.2. The molecule has 6 heteroatoms. The molecule has 0 spiro atoms. The fourth-order valence-corrected chi connectivity index (χ4v) is 4.44. The topological polar surface area (TPSA) is 57.6 Å². The maximum absolute atomic E-state index is 13.3. The molecule has 1 amide bonds. The van der Waals surface area contributed by atoms with Gasteiger partial charge in [-0.1, -0.05) is 78.4 Å². The number of rotatable bonds is 5. The lowest BCUT2D eigenvalue weighted by Gasteiger charge is -2.15. The molecule has 158 valence electrons. The Hall–Kier alpha value is -3.77. The van der Waals surface area contributed by atoms with Gasteiger partial charge in [-0.25, -0.2) is 4.98 Å². The van der Waals surface area contributed by atoms with Crippen molar-refractivity contribution in [2.24, 2.45) is 11.0 Å². The van der Waals surface area contributed by atoms with Gasteiger partial charge in [-0.05, 0) is 24.6 Å². The standard InChI is InChI=1S/C26H22N4OS/c1-18-12-14-19(15-13-18)23-17-32-26(27-23)28-25(31)22-16-30(21-10-6-3-7-11-21)29-24(22)20-8-4-2-5-9-20/h2-15,17,22H,16H2,1H3,(H,27,28,31)/t22-/m1/s1. The normalized spacial score (nSPS) is 15.5. The van der Waals surface area contributed by atoms with Crippen molar-refractivity contribution in [1.82, 2.24) is 4.98 Å². The van der Waals surface area contributed by atoms with Crippen molar-refractivity contribution in [3.05, 3.63) is 101 Å². The van der Waals surface area contributed by atoms with E-state index in [1.807, 2.05) is 83.2 Å². The maximum Gasteiger partial charge on any atom is 0.237 e. The van der Waals surface area contributed by atoms with E-state index in [1.54, 1.807) is 0 Å². The number of hydrogen-bond donors (Lipinski definition) is 1. The van der Waals surface area contributed by atoms with Gasteiger partial charge in [0, 0.05) is 10.9 Å². The van der Waals surface area contributed by atoms with Crippen molar-refractivity contribution in [2.75, 3.05) is 16.9 Å². The minimum Gasteiger partial charge on any atom is -0.301 e. The van der Waals surface area contributed by atoms with E-state index in [2.05, 4.69) is 29.4 Å². The second-order valence-electron chi connectivity index (χ2n) is 7.71. The van der Waals surface area contributed by atoms with Gasteiger partial charge >= 0.3 is 0 Å². The van der Waals surface area contributed by atoms with Crippen LogP contribution >= 0.6 is 11.3 Å². The first-order valence-corrected chi connectivity index (χ1v) is 11.4. The van der Waals surface area contributed by atoms with E-state index in [9.17, 15) is 4.79 Å². The van der Waals surface area contributed by atoms with Gasteiger partial charge in [0.2, 0.25) is 5.91 Å². The maximum atomic E-state index is 13.3. The minimum absolute atomic E-state index is 0.101. The summed E-state index contributed by atoms with van der Waals surface area (Å²) in [6, 6.07) is 28.0. The summed E-state index contributed by atoms with van der Waals surface area (Å²) in [5.74, 6) is -0.500. The summed E-state index contributed by atoms with van der Waals surface area (Å²) in [6.45, 7) is 2.54. The molecule has 0 aliphatic carbocycles. The van der Waals surface area contributed by atoms with Gasteiger partial charge in [-0.15, -0.1) is 11.3 Å². The number of hydrazone groups is 1. The number of amides is 1. The van der Waals surface area contributed by atoms with Gasteiger partial charge in [0.05, 0.1) is 23.6 Å². The van der Waals surface area contributed by atoms with Crippen molar-refractivity contribution in [3.63, 3.8) is 0 Å². The van der Waals surface area contributed by atoms with Gasteiger partial charge in [0.25, 0.3) is 0 Å². The predicted molar refractivity (Wildman–Crippen MR) is 131 cm³/mol. The molecule has 0 unspecified atom stereocenters. The zero-order valence-electron chi connectivity index (χ0n) is 17.6. The largest absolute Gasteiger partial charge is 0.301 e. The van der Waals surface area contributed by atoms with Crippen molar-refractivity contribution in [2.45, 2.75) is 6.92 Å². The fourth-order valence-electron chi connectivity index (χ4n) is 3.72. The Bertz CT molecular complexity index is 1250. The van der Waals surface area contributed by atoms with Gasteiger partial charge in [-0.3, -0.25) is 9.80 Å². The molecule has 1 aliphatic rings. The number of thiazole rings is 1. The summed E-state index contributed by atoms with van der Waals surface area (Å²) in [6.07, 6.45) is 0. The summed E-state index contributed by atoms with van der Waals surface area (Å²) >= 11 is 1.43. The Morgan fingerprint density at radius 1 is 0.938 bits per heavy atom. The highest BCUT2D eigenvalue weighted by Crippen LogP contribution is 2.28. The fraction of sp³-hybridized carbons (Fsp3) is 0.115. The summed E-state index contributed by atoms with van der Waals surface area (Å²) in [5, 5.41) is 12.3. The molecular formula is C26H22N4OS. The third-order valence-electron chi connectivity index (χ3n) is 5.44. The number of nitrogens with one attached hydrogen (secondary N) is 1. The van der Waals surface area contributed by atoms with Crippen LogP contribution in [-0.4, -0.2) is 23.1 Å². The predicted octanol–water partition coefficient (Wildman–Crippen LogP) is 5.60. The molecule has 0 radical (unpaired) electrons. The number of anilines is 2. The molecule has 1 N–H and O–H groups in total. The number of aryl methyl sites for hydroxylation is 1. The molecule has 0 bridgehead atoms. The smallest absolute Gasteiger partial charge is 0.237 e. The van der Waals surface area contributed by atoms with E-state index in [0.29, 0.717) is 11.7 Å². The number of carbonyl (C=O) groups is 1. The van der Waals surface area contributed by atoms with E-state index in [-0.39, 0.29) is 5.91 Å². The van der Waals surface area contributed by atoms with Gasteiger partial charge in [0.1, 0.15) is 5.92 Å². The summed E-state index contributed by atoms with van der Waals surface area (Å²) in [4.78, 5) is 17.9. The van der Waals surface area contributed by atoms with E-state index < -0.39 is 5.92 Å². The zero-order valence-corrected chi connectivity index (χ0v) is 18.4. The molecule has 32 heavy (non-hydrogen) atoms. The lowest BCUT2D eigenvalue weighted by molar-refractivity contribution is -0.117. The van der Waals surface area contributed by atoms with Crippen LogP contribution in [0.15, 0.2) is 95.4 Å². The van der Waals surface area contributed by atoms with Crippen molar-refractivity contribution in [3.8, 4) is 11.3 Å². The van der Waals surface area contributed by atoms with Crippen LogP contribution in [-0.2, 0) is 4.79 Å². The van der Waals surface area contributed by atoms with Crippen LogP contribution in [0.2, 0.25) is 0 Å². The Morgan fingerprint density at radius 2 is 1.62 bits per heavy atom. The Morgan fingerprint density at radius 3 is 2.34 bits per heavy atom. The van der Waals surface area contributed by atoms with Crippen LogP contribution in [0.3, 0.4) is 0 Å². The Kier molecular flexibility index (Phi) is 5.52. The average molecular weight is 439 g/mol.